The molecule has 1 aliphatic heterocycles. The minimum absolute atomic E-state index is 0.00824. The van der Waals surface area contributed by atoms with Gasteiger partial charge in [-0.3, -0.25) is 19.3 Å². The van der Waals surface area contributed by atoms with Crippen molar-refractivity contribution in [2.24, 2.45) is 7.05 Å². The lowest BCUT2D eigenvalue weighted by Crippen LogP contribution is -2.41. The SMILES string of the molecule is Cn1nc2c(c1N(CCN1CC=C(c3ccccc3)CC1)C(=O)c1ccc(N)cc1)CCCC2. The van der Waals surface area contributed by atoms with Crippen LogP contribution >= 0.6 is 0 Å². The van der Waals surface area contributed by atoms with Crippen LogP contribution in [0.5, 0.6) is 0 Å². The standard InChI is InChI=1S/C28H33N5O/c1-31-27(25-9-5-6-10-26(25)30-31)33(28(34)23-11-13-24(29)14-12-23)20-19-32-17-15-22(16-18-32)21-7-3-2-4-8-21/h2-4,7-8,11-15H,5-6,9-10,16-20,29H2,1H3. The van der Waals surface area contributed by atoms with E-state index in [0.717, 1.165) is 56.8 Å². The third-order valence-corrected chi connectivity index (χ3v) is 7.02. The summed E-state index contributed by atoms with van der Waals surface area (Å²) in [4.78, 5) is 18.1. The lowest BCUT2D eigenvalue weighted by molar-refractivity contribution is 0.0982. The van der Waals surface area contributed by atoms with Gasteiger partial charge in [-0.15, -0.1) is 0 Å². The zero-order chi connectivity index (χ0) is 23.5. The van der Waals surface area contributed by atoms with E-state index in [1.54, 1.807) is 12.1 Å². The number of nitrogen functional groups attached to an aromatic ring is 1. The van der Waals surface area contributed by atoms with E-state index in [9.17, 15) is 4.79 Å². The van der Waals surface area contributed by atoms with Crippen LogP contribution in [0.2, 0.25) is 0 Å². The molecule has 1 aromatic heterocycles. The fourth-order valence-electron chi connectivity index (χ4n) is 5.16. The molecule has 0 saturated heterocycles. The van der Waals surface area contributed by atoms with Gasteiger partial charge in [0.05, 0.1) is 5.69 Å². The minimum atomic E-state index is 0.00824. The number of nitrogens with two attached hydrogens (primary N) is 1. The molecule has 0 radical (unpaired) electrons. The number of aromatic nitrogens is 2. The number of anilines is 2. The predicted molar refractivity (Wildman–Crippen MR) is 138 cm³/mol. The zero-order valence-corrected chi connectivity index (χ0v) is 19.9. The Bertz CT molecular complexity index is 1180. The molecule has 6 heteroatoms. The van der Waals surface area contributed by atoms with Crippen molar-refractivity contribution in [1.29, 1.82) is 0 Å². The maximum Gasteiger partial charge on any atom is 0.259 e. The second-order valence-corrected chi connectivity index (χ2v) is 9.30. The molecule has 0 bridgehead atoms. The van der Waals surface area contributed by atoms with Crippen LogP contribution in [-0.4, -0.2) is 46.8 Å². The fourth-order valence-corrected chi connectivity index (χ4v) is 5.16. The molecule has 0 atom stereocenters. The fraction of sp³-hybridized carbons (Fsp3) is 0.357. The van der Waals surface area contributed by atoms with Gasteiger partial charge in [0.15, 0.2) is 0 Å². The molecule has 0 spiro atoms. The number of carbonyl (C=O) groups excluding carboxylic acids is 1. The Hall–Kier alpha value is -3.38. The average molecular weight is 456 g/mol. The Balaban J connectivity index is 1.37. The summed E-state index contributed by atoms with van der Waals surface area (Å²) in [7, 11) is 1.96. The molecule has 0 saturated carbocycles. The van der Waals surface area contributed by atoms with Crippen molar-refractivity contribution in [3.8, 4) is 0 Å². The third-order valence-electron chi connectivity index (χ3n) is 7.02. The molecular weight excluding hydrogens is 422 g/mol. The number of aryl methyl sites for hydroxylation is 2. The number of rotatable bonds is 6. The Morgan fingerprint density at radius 2 is 1.79 bits per heavy atom. The van der Waals surface area contributed by atoms with Crippen LogP contribution < -0.4 is 10.6 Å². The van der Waals surface area contributed by atoms with E-state index in [4.69, 9.17) is 10.8 Å². The van der Waals surface area contributed by atoms with Gasteiger partial charge in [-0.25, -0.2) is 0 Å². The van der Waals surface area contributed by atoms with E-state index in [0.29, 0.717) is 17.8 Å². The Labute approximate surface area is 201 Å². The van der Waals surface area contributed by atoms with Crippen molar-refractivity contribution in [2.75, 3.05) is 36.8 Å². The number of hydrogen-bond acceptors (Lipinski definition) is 4. The Morgan fingerprint density at radius 1 is 1.03 bits per heavy atom. The molecule has 0 unspecified atom stereocenters. The second kappa shape index (κ2) is 9.85. The molecule has 176 valence electrons. The largest absolute Gasteiger partial charge is 0.399 e. The van der Waals surface area contributed by atoms with Gasteiger partial charge in [0.1, 0.15) is 5.82 Å². The van der Waals surface area contributed by atoms with Gasteiger partial charge < -0.3 is 5.73 Å². The van der Waals surface area contributed by atoms with Gasteiger partial charge in [-0.2, -0.15) is 5.10 Å². The summed E-state index contributed by atoms with van der Waals surface area (Å²) < 4.78 is 1.91. The van der Waals surface area contributed by atoms with Crippen molar-refractivity contribution in [3.05, 3.63) is 83.1 Å². The van der Waals surface area contributed by atoms with Gasteiger partial charge in [0.25, 0.3) is 5.91 Å². The monoisotopic (exact) mass is 455 g/mol. The lowest BCUT2D eigenvalue weighted by Gasteiger charge is -2.30. The van der Waals surface area contributed by atoms with E-state index in [2.05, 4.69) is 41.3 Å². The van der Waals surface area contributed by atoms with Crippen molar-refractivity contribution in [1.82, 2.24) is 14.7 Å². The van der Waals surface area contributed by atoms with Crippen molar-refractivity contribution in [3.63, 3.8) is 0 Å². The molecule has 0 fully saturated rings. The summed E-state index contributed by atoms with van der Waals surface area (Å²) in [5.41, 5.74) is 12.3. The van der Waals surface area contributed by atoms with Gasteiger partial charge in [-0.1, -0.05) is 36.4 Å². The van der Waals surface area contributed by atoms with Crippen LogP contribution in [0.25, 0.3) is 5.57 Å². The predicted octanol–water partition coefficient (Wildman–Crippen LogP) is 4.32. The van der Waals surface area contributed by atoms with Crippen molar-refractivity contribution in [2.45, 2.75) is 32.1 Å². The molecule has 2 heterocycles. The molecule has 34 heavy (non-hydrogen) atoms. The van der Waals surface area contributed by atoms with E-state index in [1.807, 2.05) is 28.8 Å². The molecule has 6 nitrogen and oxygen atoms in total. The molecule has 2 aromatic carbocycles. The highest BCUT2D eigenvalue weighted by Crippen LogP contribution is 2.31. The summed E-state index contributed by atoms with van der Waals surface area (Å²) in [6.07, 6.45) is 7.64. The highest BCUT2D eigenvalue weighted by molar-refractivity contribution is 6.06. The third kappa shape index (κ3) is 4.64. The Kier molecular flexibility index (Phi) is 6.50. The van der Waals surface area contributed by atoms with E-state index >= 15 is 0 Å². The number of benzene rings is 2. The molecule has 2 aliphatic rings. The summed E-state index contributed by atoms with van der Waals surface area (Å²) in [5.74, 6) is 0.961. The van der Waals surface area contributed by atoms with Crippen LogP contribution in [0.3, 0.4) is 0 Å². The highest BCUT2D eigenvalue weighted by Gasteiger charge is 2.28. The van der Waals surface area contributed by atoms with E-state index < -0.39 is 0 Å². The van der Waals surface area contributed by atoms with Crippen LogP contribution in [0.15, 0.2) is 60.7 Å². The summed E-state index contributed by atoms with van der Waals surface area (Å²) in [6, 6.07) is 17.8. The first-order valence-corrected chi connectivity index (χ1v) is 12.3. The molecule has 1 amide bonds. The van der Waals surface area contributed by atoms with Crippen LogP contribution in [0.1, 0.15) is 46.4 Å². The normalized spacial score (nSPS) is 16.1. The minimum Gasteiger partial charge on any atom is -0.399 e. The lowest BCUT2D eigenvalue weighted by atomic mass is 9.97. The maximum atomic E-state index is 13.7. The summed E-state index contributed by atoms with van der Waals surface area (Å²) in [6.45, 7) is 3.34. The number of hydrogen-bond donors (Lipinski definition) is 1. The molecular formula is C28H33N5O. The summed E-state index contributed by atoms with van der Waals surface area (Å²) >= 11 is 0. The first-order valence-electron chi connectivity index (χ1n) is 12.3. The smallest absolute Gasteiger partial charge is 0.259 e. The first-order chi connectivity index (χ1) is 16.6. The quantitative estimate of drug-likeness (QED) is 0.562. The van der Waals surface area contributed by atoms with Gasteiger partial charge in [0, 0.05) is 50.0 Å². The number of carbonyl (C=O) groups is 1. The van der Waals surface area contributed by atoms with Crippen molar-refractivity contribution >= 4 is 23.0 Å². The first kappa shape index (κ1) is 22.4. The van der Waals surface area contributed by atoms with E-state index in [1.165, 1.54) is 23.1 Å². The van der Waals surface area contributed by atoms with Crippen molar-refractivity contribution < 1.29 is 4.79 Å². The van der Waals surface area contributed by atoms with Gasteiger partial charge in [-0.05, 0) is 67.5 Å². The number of amides is 1. The van der Waals surface area contributed by atoms with Gasteiger partial charge >= 0.3 is 0 Å². The number of nitrogens with zero attached hydrogens (tertiary/aromatic N) is 4. The molecule has 5 rings (SSSR count). The van der Waals surface area contributed by atoms with Crippen LogP contribution in [0.4, 0.5) is 11.5 Å². The second-order valence-electron chi connectivity index (χ2n) is 9.30. The topological polar surface area (TPSA) is 67.4 Å². The average Bonchev–Trinajstić information content (AvgIpc) is 3.21. The maximum absolute atomic E-state index is 13.7. The van der Waals surface area contributed by atoms with Crippen LogP contribution in [-0.2, 0) is 19.9 Å². The van der Waals surface area contributed by atoms with E-state index in [-0.39, 0.29) is 5.91 Å². The highest BCUT2D eigenvalue weighted by atomic mass is 16.2. The van der Waals surface area contributed by atoms with Crippen LogP contribution in [0, 0.1) is 0 Å². The summed E-state index contributed by atoms with van der Waals surface area (Å²) in [5, 5.41) is 4.78. The molecule has 3 aromatic rings. The van der Waals surface area contributed by atoms with Gasteiger partial charge in [0.2, 0.25) is 0 Å². The number of fused-ring (bicyclic) bond motifs is 1. The zero-order valence-electron chi connectivity index (χ0n) is 19.9. The Morgan fingerprint density at radius 3 is 2.53 bits per heavy atom. The molecule has 2 N–H and O–H groups in total. The molecule has 1 aliphatic carbocycles.